The van der Waals surface area contributed by atoms with Crippen LogP contribution in [0.2, 0.25) is 0 Å². The molecule has 4 heteroatoms. The minimum absolute atomic E-state index is 0.0437. The summed E-state index contributed by atoms with van der Waals surface area (Å²) in [5.74, 6) is -0.612. The smallest absolute Gasteiger partial charge is 0.223 e. The van der Waals surface area contributed by atoms with Crippen LogP contribution in [0, 0.1) is 5.82 Å². The van der Waals surface area contributed by atoms with E-state index in [-0.39, 0.29) is 23.7 Å². The summed E-state index contributed by atoms with van der Waals surface area (Å²) >= 11 is 0. The number of fused-ring (bicyclic) bond motifs is 1. The highest BCUT2D eigenvalue weighted by atomic mass is 19.1. The number of carbonyl (C=O) groups is 1. The van der Waals surface area contributed by atoms with Crippen LogP contribution in [0.1, 0.15) is 17.5 Å². The van der Waals surface area contributed by atoms with Crippen LogP contribution in [0.4, 0.5) is 4.39 Å². The number of para-hydroxylation sites is 1. The first-order chi connectivity index (χ1) is 7.72. The van der Waals surface area contributed by atoms with Gasteiger partial charge in [0.25, 0.3) is 0 Å². The second kappa shape index (κ2) is 4.45. The van der Waals surface area contributed by atoms with Gasteiger partial charge in [-0.1, -0.05) is 12.1 Å². The molecule has 0 bridgehead atoms. The van der Waals surface area contributed by atoms with E-state index in [1.54, 1.807) is 19.1 Å². The third kappa shape index (κ3) is 1.97. The van der Waals surface area contributed by atoms with E-state index in [2.05, 4.69) is 0 Å². The maximum atomic E-state index is 13.3. The van der Waals surface area contributed by atoms with Crippen molar-refractivity contribution in [3.05, 3.63) is 35.8 Å². The minimum Gasteiger partial charge on any atom is -0.450 e. The fourth-order valence-electron chi connectivity index (χ4n) is 1.43. The topological polar surface area (TPSA) is 39.4 Å². The van der Waals surface area contributed by atoms with Gasteiger partial charge in [0.15, 0.2) is 17.2 Å². The quantitative estimate of drug-likeness (QED) is 0.747. The van der Waals surface area contributed by atoms with E-state index in [9.17, 15) is 9.18 Å². The number of carbonyl (C=O) groups excluding carboxylic acids is 1. The third-order valence-corrected chi connectivity index (χ3v) is 2.21. The molecule has 0 N–H and O–H groups in total. The van der Waals surface area contributed by atoms with Crippen molar-refractivity contribution >= 4 is 16.8 Å². The third-order valence-electron chi connectivity index (χ3n) is 2.21. The molecule has 0 aliphatic rings. The van der Waals surface area contributed by atoms with Crippen LogP contribution in [0.5, 0.6) is 0 Å². The monoisotopic (exact) mass is 222 g/mol. The van der Waals surface area contributed by atoms with E-state index in [1.165, 1.54) is 12.1 Å². The number of ether oxygens (including phenoxy) is 1. The van der Waals surface area contributed by atoms with Crippen molar-refractivity contribution < 1.29 is 18.3 Å². The summed E-state index contributed by atoms with van der Waals surface area (Å²) in [6.07, 6.45) is 0. The first kappa shape index (κ1) is 10.8. The summed E-state index contributed by atoms with van der Waals surface area (Å²) in [4.78, 5) is 11.5. The Labute approximate surface area is 91.8 Å². The Morgan fingerprint density at radius 1 is 1.50 bits per heavy atom. The molecular formula is C12H11FO3. The summed E-state index contributed by atoms with van der Waals surface area (Å²) in [5.41, 5.74) is 0.113. The highest BCUT2D eigenvalue weighted by Gasteiger charge is 2.14. The maximum absolute atomic E-state index is 13.3. The lowest BCUT2D eigenvalue weighted by atomic mass is 10.2. The molecule has 0 spiro atoms. The average Bonchev–Trinajstić information content (AvgIpc) is 2.71. The molecular weight excluding hydrogens is 211 g/mol. The molecule has 84 valence electrons. The van der Waals surface area contributed by atoms with E-state index < -0.39 is 5.82 Å². The Morgan fingerprint density at radius 2 is 2.31 bits per heavy atom. The summed E-state index contributed by atoms with van der Waals surface area (Å²) in [7, 11) is 0. The molecule has 0 fully saturated rings. The largest absolute Gasteiger partial charge is 0.450 e. The second-order valence-corrected chi connectivity index (χ2v) is 3.33. The Bertz CT molecular complexity index is 516. The van der Waals surface area contributed by atoms with Gasteiger partial charge in [-0.15, -0.1) is 0 Å². The van der Waals surface area contributed by atoms with Crippen LogP contribution < -0.4 is 0 Å². The van der Waals surface area contributed by atoms with Crippen molar-refractivity contribution in [2.24, 2.45) is 0 Å². The molecule has 0 saturated heterocycles. The molecule has 0 aliphatic carbocycles. The maximum Gasteiger partial charge on any atom is 0.223 e. The number of Topliss-reactive ketones (excluding diaryl/α,β-unsaturated/α-hetero) is 1. The summed E-state index contributed by atoms with van der Waals surface area (Å²) in [6.45, 7) is 2.21. The van der Waals surface area contributed by atoms with Crippen molar-refractivity contribution in [2.75, 3.05) is 13.2 Å². The van der Waals surface area contributed by atoms with Crippen LogP contribution in [-0.2, 0) is 4.74 Å². The molecule has 0 saturated carbocycles. The summed E-state index contributed by atoms with van der Waals surface area (Å²) in [6, 6.07) is 6.09. The number of hydrogen-bond donors (Lipinski definition) is 0. The van der Waals surface area contributed by atoms with Crippen LogP contribution >= 0.6 is 0 Å². The fourth-order valence-corrected chi connectivity index (χ4v) is 1.43. The Morgan fingerprint density at radius 3 is 3.00 bits per heavy atom. The van der Waals surface area contributed by atoms with Crippen molar-refractivity contribution in [3.8, 4) is 0 Å². The molecule has 1 aromatic heterocycles. The number of benzene rings is 1. The molecule has 0 unspecified atom stereocenters. The summed E-state index contributed by atoms with van der Waals surface area (Å²) < 4.78 is 23.4. The number of ketones is 1. The van der Waals surface area contributed by atoms with E-state index in [1.807, 2.05) is 0 Å². The number of furan rings is 1. The van der Waals surface area contributed by atoms with Gasteiger partial charge in [0, 0.05) is 12.0 Å². The van der Waals surface area contributed by atoms with E-state index in [0.717, 1.165) is 0 Å². The summed E-state index contributed by atoms with van der Waals surface area (Å²) in [5, 5.41) is 0.583. The van der Waals surface area contributed by atoms with E-state index in [4.69, 9.17) is 9.15 Å². The SMILES string of the molecule is CCOCC(=O)c1cc2cccc(F)c2o1. The highest BCUT2D eigenvalue weighted by Crippen LogP contribution is 2.22. The molecule has 1 aromatic carbocycles. The first-order valence-corrected chi connectivity index (χ1v) is 5.01. The van der Waals surface area contributed by atoms with Gasteiger partial charge >= 0.3 is 0 Å². The normalized spacial score (nSPS) is 10.9. The van der Waals surface area contributed by atoms with Gasteiger partial charge in [-0.05, 0) is 19.1 Å². The van der Waals surface area contributed by atoms with Gasteiger partial charge in [0.2, 0.25) is 5.78 Å². The number of hydrogen-bond acceptors (Lipinski definition) is 3. The fraction of sp³-hybridized carbons (Fsp3) is 0.250. The zero-order chi connectivity index (χ0) is 11.5. The Hall–Kier alpha value is -1.68. The van der Waals surface area contributed by atoms with Crippen LogP contribution in [0.3, 0.4) is 0 Å². The van der Waals surface area contributed by atoms with Crippen LogP contribution in [0.25, 0.3) is 11.0 Å². The first-order valence-electron chi connectivity index (χ1n) is 5.01. The van der Waals surface area contributed by atoms with Gasteiger partial charge in [0.1, 0.15) is 6.61 Å². The van der Waals surface area contributed by atoms with Crippen molar-refractivity contribution in [3.63, 3.8) is 0 Å². The molecule has 2 rings (SSSR count). The predicted octanol–water partition coefficient (Wildman–Crippen LogP) is 2.79. The number of rotatable bonds is 4. The predicted molar refractivity (Wildman–Crippen MR) is 57.0 cm³/mol. The lowest BCUT2D eigenvalue weighted by Crippen LogP contribution is -2.07. The van der Waals surface area contributed by atoms with Crippen molar-refractivity contribution in [1.29, 1.82) is 0 Å². The van der Waals surface area contributed by atoms with Crippen molar-refractivity contribution in [1.82, 2.24) is 0 Å². The highest BCUT2D eigenvalue weighted by molar-refractivity contribution is 5.98. The molecule has 1 heterocycles. The Kier molecular flexibility index (Phi) is 3.01. The van der Waals surface area contributed by atoms with Gasteiger partial charge in [-0.25, -0.2) is 4.39 Å². The molecule has 2 aromatic rings. The number of halogens is 1. The van der Waals surface area contributed by atoms with Gasteiger partial charge in [-0.3, -0.25) is 4.79 Å². The standard InChI is InChI=1S/C12H11FO3/c1-2-15-7-10(14)11-6-8-4-3-5-9(13)12(8)16-11/h3-6H,2,7H2,1H3. The van der Waals surface area contributed by atoms with Gasteiger partial charge < -0.3 is 9.15 Å². The van der Waals surface area contributed by atoms with E-state index >= 15 is 0 Å². The second-order valence-electron chi connectivity index (χ2n) is 3.33. The molecule has 0 aliphatic heterocycles. The van der Waals surface area contributed by atoms with Crippen LogP contribution in [0.15, 0.2) is 28.7 Å². The lowest BCUT2D eigenvalue weighted by molar-refractivity contribution is 0.0758. The zero-order valence-electron chi connectivity index (χ0n) is 8.83. The zero-order valence-corrected chi connectivity index (χ0v) is 8.83. The van der Waals surface area contributed by atoms with Crippen molar-refractivity contribution in [2.45, 2.75) is 6.92 Å². The molecule has 3 nitrogen and oxygen atoms in total. The van der Waals surface area contributed by atoms with Gasteiger partial charge in [-0.2, -0.15) is 0 Å². The van der Waals surface area contributed by atoms with Crippen LogP contribution in [-0.4, -0.2) is 19.0 Å². The molecule has 0 radical (unpaired) electrons. The molecule has 0 amide bonds. The molecule has 16 heavy (non-hydrogen) atoms. The van der Waals surface area contributed by atoms with Gasteiger partial charge in [0.05, 0.1) is 0 Å². The van der Waals surface area contributed by atoms with E-state index in [0.29, 0.717) is 12.0 Å². The molecule has 0 atom stereocenters. The minimum atomic E-state index is -0.465. The Balaban J connectivity index is 2.32. The average molecular weight is 222 g/mol. The lowest BCUT2D eigenvalue weighted by Gasteiger charge is -1.96.